The number of primary sulfonamides is 1. The smallest absolute Gasteiger partial charge is 0.247 e. The van der Waals surface area contributed by atoms with Crippen LogP contribution in [0.4, 0.5) is 0 Å². The Kier molecular flexibility index (Phi) is 5.58. The topological polar surface area (TPSA) is 105 Å². The molecular weight excluding hydrogens is 340 g/mol. The average Bonchev–Trinajstić information content (AvgIpc) is 2.96. The van der Waals surface area contributed by atoms with Gasteiger partial charge in [0, 0.05) is 28.7 Å². The molecule has 2 aromatic rings. The molecule has 0 atom stereocenters. The van der Waals surface area contributed by atoms with Gasteiger partial charge in [-0.05, 0) is 20.8 Å². The molecule has 0 saturated carbocycles. The highest BCUT2D eigenvalue weighted by Gasteiger charge is 2.27. The zero-order valence-corrected chi connectivity index (χ0v) is 15.1. The van der Waals surface area contributed by atoms with Crippen LogP contribution in [-0.2, 0) is 26.1 Å². The van der Waals surface area contributed by atoms with Crippen molar-refractivity contribution in [3.8, 4) is 11.3 Å². The van der Waals surface area contributed by atoms with Crippen molar-refractivity contribution in [1.29, 1.82) is 0 Å². The van der Waals surface area contributed by atoms with E-state index in [9.17, 15) is 8.42 Å². The Morgan fingerprint density at radius 2 is 1.96 bits per heavy atom. The summed E-state index contributed by atoms with van der Waals surface area (Å²) < 4.78 is 39.5. The summed E-state index contributed by atoms with van der Waals surface area (Å²) in [7, 11) is -2.27. The van der Waals surface area contributed by atoms with Gasteiger partial charge in [-0.1, -0.05) is 5.16 Å². The van der Waals surface area contributed by atoms with E-state index in [4.69, 9.17) is 19.1 Å². The first-order valence-corrected chi connectivity index (χ1v) is 9.28. The molecule has 7 nitrogen and oxygen atoms in total. The monoisotopic (exact) mass is 360 g/mol. The van der Waals surface area contributed by atoms with E-state index in [2.05, 4.69) is 5.16 Å². The minimum atomic E-state index is -3.84. The number of hydrogen-bond acceptors (Lipinski definition) is 7. The van der Waals surface area contributed by atoms with Crippen molar-refractivity contribution in [3.63, 3.8) is 0 Å². The Morgan fingerprint density at radius 3 is 2.48 bits per heavy atom. The van der Waals surface area contributed by atoms with Gasteiger partial charge in [-0.3, -0.25) is 0 Å². The number of sulfonamides is 1. The Labute approximate surface area is 139 Å². The molecule has 0 aromatic carbocycles. The molecule has 0 fully saturated rings. The number of ether oxygens (including phenoxy) is 2. The normalized spacial score (nSPS) is 12.0. The largest absolute Gasteiger partial charge is 0.382 e. The van der Waals surface area contributed by atoms with E-state index in [-0.39, 0.29) is 10.8 Å². The maximum Gasteiger partial charge on any atom is 0.247 e. The summed E-state index contributed by atoms with van der Waals surface area (Å²) in [5, 5.41) is 9.41. The van der Waals surface area contributed by atoms with E-state index in [0.29, 0.717) is 35.8 Å². The lowest BCUT2D eigenvalue weighted by atomic mass is 10.0. The molecule has 0 aliphatic carbocycles. The Morgan fingerprint density at radius 1 is 1.26 bits per heavy atom. The maximum absolute atomic E-state index is 11.9. The third kappa shape index (κ3) is 3.81. The van der Waals surface area contributed by atoms with Crippen molar-refractivity contribution in [2.45, 2.75) is 31.6 Å². The summed E-state index contributed by atoms with van der Waals surface area (Å²) >= 11 is 1.12. The van der Waals surface area contributed by atoms with Gasteiger partial charge in [0.2, 0.25) is 10.0 Å². The molecule has 2 heterocycles. The quantitative estimate of drug-likeness (QED) is 0.759. The Bertz CT molecular complexity index is 792. The molecule has 0 aliphatic heterocycles. The molecule has 0 spiro atoms. The fourth-order valence-corrected chi connectivity index (χ4v) is 4.43. The minimum Gasteiger partial charge on any atom is -0.382 e. The number of methoxy groups -OCH3 is 1. The molecule has 0 bridgehead atoms. The molecule has 0 amide bonds. The van der Waals surface area contributed by atoms with Crippen LogP contribution in [0, 0.1) is 20.8 Å². The van der Waals surface area contributed by atoms with E-state index >= 15 is 0 Å². The fraction of sp³-hybridized carbons (Fsp3) is 0.500. The maximum atomic E-state index is 11.9. The first-order valence-electron chi connectivity index (χ1n) is 6.92. The number of aromatic nitrogens is 1. The second-order valence-corrected chi connectivity index (χ2v) is 8.08. The third-order valence-corrected chi connectivity index (χ3v) is 6.13. The predicted octanol–water partition coefficient (Wildman–Crippen LogP) is 2.14. The van der Waals surface area contributed by atoms with Crippen molar-refractivity contribution >= 4 is 21.4 Å². The van der Waals surface area contributed by atoms with Crippen LogP contribution < -0.4 is 5.14 Å². The highest BCUT2D eigenvalue weighted by molar-refractivity contribution is 7.91. The van der Waals surface area contributed by atoms with Crippen LogP contribution in [0.15, 0.2) is 8.73 Å². The molecule has 0 aliphatic rings. The third-order valence-electron chi connectivity index (χ3n) is 3.48. The minimum absolute atomic E-state index is 0.0995. The van der Waals surface area contributed by atoms with Gasteiger partial charge >= 0.3 is 0 Å². The summed E-state index contributed by atoms with van der Waals surface area (Å²) in [4.78, 5) is 0.802. The second-order valence-electron chi connectivity index (χ2n) is 5.10. The van der Waals surface area contributed by atoms with E-state index in [0.717, 1.165) is 21.8 Å². The number of rotatable bonds is 7. The number of nitrogens with two attached hydrogens (primary N) is 1. The number of thiophene rings is 1. The Hall–Kier alpha value is -1.26. The van der Waals surface area contributed by atoms with Crippen LogP contribution in [0.1, 0.15) is 21.8 Å². The molecule has 0 unspecified atom stereocenters. The molecule has 0 radical (unpaired) electrons. The first kappa shape index (κ1) is 18.1. The van der Waals surface area contributed by atoms with Gasteiger partial charge in [-0.2, -0.15) is 0 Å². The SMILES string of the molecule is COCCOCc1c(S(N)(=O)=O)sc(C)c1-c1noc(C)c1C. The van der Waals surface area contributed by atoms with E-state index < -0.39 is 10.0 Å². The lowest BCUT2D eigenvalue weighted by Gasteiger charge is -2.07. The molecule has 9 heteroatoms. The number of aryl methyl sites for hydroxylation is 2. The van der Waals surface area contributed by atoms with Gasteiger partial charge in [-0.25, -0.2) is 13.6 Å². The molecule has 128 valence electrons. The van der Waals surface area contributed by atoms with Crippen LogP contribution in [0.5, 0.6) is 0 Å². The van der Waals surface area contributed by atoms with E-state index in [1.165, 1.54) is 0 Å². The molecular formula is C14H20N2O5S2. The Balaban J connectivity index is 2.52. The van der Waals surface area contributed by atoms with Gasteiger partial charge in [0.1, 0.15) is 15.7 Å². The molecule has 2 aromatic heterocycles. The highest BCUT2D eigenvalue weighted by atomic mass is 32.2. The van der Waals surface area contributed by atoms with Gasteiger partial charge in [0.25, 0.3) is 0 Å². The zero-order chi connectivity index (χ0) is 17.2. The number of nitrogens with zero attached hydrogens (tertiary/aromatic N) is 1. The summed E-state index contributed by atoms with van der Waals surface area (Å²) in [6.07, 6.45) is 0. The average molecular weight is 360 g/mol. The van der Waals surface area contributed by atoms with Crippen molar-refractivity contribution in [2.75, 3.05) is 20.3 Å². The highest BCUT2D eigenvalue weighted by Crippen LogP contribution is 2.40. The molecule has 23 heavy (non-hydrogen) atoms. The lowest BCUT2D eigenvalue weighted by Crippen LogP contribution is -2.13. The molecule has 0 saturated heterocycles. The van der Waals surface area contributed by atoms with Crippen LogP contribution >= 0.6 is 11.3 Å². The van der Waals surface area contributed by atoms with Crippen molar-refractivity contribution in [1.82, 2.24) is 5.16 Å². The second kappa shape index (κ2) is 7.10. The van der Waals surface area contributed by atoms with E-state index in [1.807, 2.05) is 20.8 Å². The van der Waals surface area contributed by atoms with Crippen molar-refractivity contribution in [2.24, 2.45) is 5.14 Å². The van der Waals surface area contributed by atoms with Crippen LogP contribution in [0.3, 0.4) is 0 Å². The van der Waals surface area contributed by atoms with Crippen molar-refractivity contribution < 1.29 is 22.4 Å². The lowest BCUT2D eigenvalue weighted by molar-refractivity contribution is 0.0611. The van der Waals surface area contributed by atoms with Gasteiger partial charge in [-0.15, -0.1) is 11.3 Å². The number of hydrogen-bond donors (Lipinski definition) is 1. The summed E-state index contributed by atoms with van der Waals surface area (Å²) in [5.41, 5.74) is 2.72. The van der Waals surface area contributed by atoms with Crippen LogP contribution in [-0.4, -0.2) is 33.9 Å². The van der Waals surface area contributed by atoms with E-state index in [1.54, 1.807) is 7.11 Å². The van der Waals surface area contributed by atoms with Crippen LogP contribution in [0.2, 0.25) is 0 Å². The van der Waals surface area contributed by atoms with Gasteiger partial charge in [0.15, 0.2) is 0 Å². The fourth-order valence-electron chi connectivity index (χ4n) is 2.20. The first-order chi connectivity index (χ1) is 10.8. The summed E-state index contributed by atoms with van der Waals surface area (Å²) in [5.74, 6) is 0.689. The van der Waals surface area contributed by atoms with Gasteiger partial charge in [0.05, 0.1) is 19.8 Å². The van der Waals surface area contributed by atoms with Crippen LogP contribution in [0.25, 0.3) is 11.3 Å². The summed E-state index contributed by atoms with van der Waals surface area (Å²) in [6.45, 7) is 6.40. The van der Waals surface area contributed by atoms with Crippen molar-refractivity contribution in [3.05, 3.63) is 21.8 Å². The standard InChI is InChI=1S/C14H20N2O5S2/c1-8-9(2)21-16-13(8)12-10(3)22-14(23(15,17)18)11(12)7-20-6-5-19-4/h5-7H2,1-4H3,(H2,15,17,18). The zero-order valence-electron chi connectivity index (χ0n) is 13.5. The summed E-state index contributed by atoms with van der Waals surface area (Å²) in [6, 6.07) is 0. The predicted molar refractivity (Wildman–Crippen MR) is 86.9 cm³/mol. The van der Waals surface area contributed by atoms with Gasteiger partial charge < -0.3 is 14.0 Å². The molecule has 2 rings (SSSR count). The molecule has 2 N–H and O–H groups in total.